The fraction of sp³-hybridized carbons (Fsp3) is 0.556. The SMILES string of the molecule is COc1ccc(CCCC(=O)N(CCC(=O)O)CC(C)C)cc1. The molecule has 0 fully saturated rings. The lowest BCUT2D eigenvalue weighted by Crippen LogP contribution is -2.35. The molecule has 0 saturated heterocycles. The Morgan fingerprint density at radius 3 is 2.35 bits per heavy atom. The van der Waals surface area contributed by atoms with Gasteiger partial charge in [-0.2, -0.15) is 0 Å². The summed E-state index contributed by atoms with van der Waals surface area (Å²) in [6, 6.07) is 7.82. The first kappa shape index (κ1) is 19.0. The Labute approximate surface area is 138 Å². The van der Waals surface area contributed by atoms with E-state index < -0.39 is 5.97 Å². The average Bonchev–Trinajstić information content (AvgIpc) is 2.51. The first-order chi connectivity index (χ1) is 10.9. The average molecular weight is 321 g/mol. The molecule has 1 N–H and O–H groups in total. The van der Waals surface area contributed by atoms with E-state index in [1.807, 2.05) is 38.1 Å². The van der Waals surface area contributed by atoms with Crippen molar-refractivity contribution < 1.29 is 19.4 Å². The first-order valence-corrected chi connectivity index (χ1v) is 8.05. The number of hydrogen-bond acceptors (Lipinski definition) is 3. The van der Waals surface area contributed by atoms with Crippen LogP contribution in [0.4, 0.5) is 0 Å². The van der Waals surface area contributed by atoms with Crippen molar-refractivity contribution in [3.05, 3.63) is 29.8 Å². The summed E-state index contributed by atoms with van der Waals surface area (Å²) in [5, 5.41) is 8.80. The number of ether oxygens (including phenoxy) is 1. The van der Waals surface area contributed by atoms with Crippen molar-refractivity contribution in [2.45, 2.75) is 39.5 Å². The van der Waals surface area contributed by atoms with E-state index in [0.29, 0.717) is 18.9 Å². The lowest BCUT2D eigenvalue weighted by atomic mass is 10.1. The third-order valence-electron chi connectivity index (χ3n) is 3.55. The fourth-order valence-electron chi connectivity index (χ4n) is 2.38. The van der Waals surface area contributed by atoms with E-state index in [1.54, 1.807) is 12.0 Å². The molecule has 5 heteroatoms. The zero-order valence-electron chi connectivity index (χ0n) is 14.2. The van der Waals surface area contributed by atoms with Crippen molar-refractivity contribution in [1.82, 2.24) is 4.90 Å². The fourth-order valence-corrected chi connectivity index (χ4v) is 2.38. The van der Waals surface area contributed by atoms with Gasteiger partial charge in [0.15, 0.2) is 0 Å². The summed E-state index contributed by atoms with van der Waals surface area (Å²) < 4.78 is 5.12. The molecular weight excluding hydrogens is 294 g/mol. The second-order valence-electron chi connectivity index (χ2n) is 6.08. The van der Waals surface area contributed by atoms with Crippen LogP contribution in [0.5, 0.6) is 5.75 Å². The molecule has 1 rings (SSSR count). The van der Waals surface area contributed by atoms with Crippen LogP contribution in [-0.2, 0) is 16.0 Å². The van der Waals surface area contributed by atoms with E-state index in [9.17, 15) is 9.59 Å². The quantitative estimate of drug-likeness (QED) is 0.719. The van der Waals surface area contributed by atoms with E-state index in [-0.39, 0.29) is 18.9 Å². The van der Waals surface area contributed by atoms with E-state index in [2.05, 4.69) is 0 Å². The van der Waals surface area contributed by atoms with Gasteiger partial charge >= 0.3 is 5.97 Å². The van der Waals surface area contributed by atoms with Crippen molar-refractivity contribution in [2.24, 2.45) is 5.92 Å². The molecule has 0 unspecified atom stereocenters. The molecule has 0 heterocycles. The Balaban J connectivity index is 2.45. The lowest BCUT2D eigenvalue weighted by Gasteiger charge is -2.24. The Kier molecular flexibility index (Phi) is 8.16. The Morgan fingerprint density at radius 2 is 1.83 bits per heavy atom. The summed E-state index contributed by atoms with van der Waals surface area (Å²) in [6.45, 7) is 4.94. The van der Waals surface area contributed by atoms with E-state index >= 15 is 0 Å². The minimum Gasteiger partial charge on any atom is -0.497 e. The molecule has 1 aromatic rings. The van der Waals surface area contributed by atoms with Crippen LogP contribution in [0, 0.1) is 5.92 Å². The van der Waals surface area contributed by atoms with Gasteiger partial charge in [-0.3, -0.25) is 9.59 Å². The molecule has 0 aliphatic heterocycles. The van der Waals surface area contributed by atoms with Gasteiger partial charge in [0.1, 0.15) is 5.75 Å². The molecule has 0 spiro atoms. The van der Waals surface area contributed by atoms with E-state index in [0.717, 1.165) is 18.6 Å². The first-order valence-electron chi connectivity index (χ1n) is 8.05. The summed E-state index contributed by atoms with van der Waals surface area (Å²) in [6.07, 6.45) is 2.02. The number of hydrogen-bond donors (Lipinski definition) is 1. The third kappa shape index (κ3) is 7.68. The summed E-state index contributed by atoms with van der Waals surface area (Å²) in [5.41, 5.74) is 1.17. The number of aliphatic carboxylic acids is 1. The number of carboxylic acid groups (broad SMARTS) is 1. The van der Waals surface area contributed by atoms with Gasteiger partial charge < -0.3 is 14.7 Å². The number of amides is 1. The number of aryl methyl sites for hydroxylation is 1. The normalized spacial score (nSPS) is 10.6. The van der Waals surface area contributed by atoms with Gasteiger partial charge in [-0.25, -0.2) is 0 Å². The second-order valence-corrected chi connectivity index (χ2v) is 6.08. The van der Waals surface area contributed by atoms with E-state index in [1.165, 1.54) is 5.56 Å². The molecule has 5 nitrogen and oxygen atoms in total. The summed E-state index contributed by atoms with van der Waals surface area (Å²) in [4.78, 5) is 24.7. The number of carbonyl (C=O) groups is 2. The highest BCUT2D eigenvalue weighted by Gasteiger charge is 2.15. The maximum absolute atomic E-state index is 12.3. The molecule has 1 amide bonds. The van der Waals surface area contributed by atoms with Gasteiger partial charge in [0.2, 0.25) is 5.91 Å². The molecule has 0 atom stereocenters. The number of methoxy groups -OCH3 is 1. The molecule has 23 heavy (non-hydrogen) atoms. The third-order valence-corrected chi connectivity index (χ3v) is 3.55. The standard InChI is InChI=1S/C18H27NO4/c1-14(2)13-19(12-11-18(21)22)17(20)6-4-5-15-7-9-16(23-3)10-8-15/h7-10,14H,4-6,11-13H2,1-3H3,(H,21,22). The number of benzene rings is 1. The van der Waals surface area contributed by atoms with Crippen LogP contribution in [0.25, 0.3) is 0 Å². The summed E-state index contributed by atoms with van der Waals surface area (Å²) >= 11 is 0. The molecule has 1 aromatic carbocycles. The van der Waals surface area contributed by atoms with Gasteiger partial charge in [-0.05, 0) is 36.5 Å². The summed E-state index contributed by atoms with van der Waals surface area (Å²) in [5.74, 6) is 0.314. The van der Waals surface area contributed by atoms with Gasteiger partial charge in [-0.15, -0.1) is 0 Å². The highest BCUT2D eigenvalue weighted by atomic mass is 16.5. The molecule has 0 aliphatic rings. The predicted molar refractivity (Wildman–Crippen MR) is 89.6 cm³/mol. The number of carboxylic acids is 1. The number of carbonyl (C=O) groups excluding carboxylic acids is 1. The van der Waals surface area contributed by atoms with Gasteiger partial charge in [-0.1, -0.05) is 26.0 Å². The Hall–Kier alpha value is -2.04. The van der Waals surface area contributed by atoms with Crippen LogP contribution >= 0.6 is 0 Å². The van der Waals surface area contributed by atoms with Crippen LogP contribution in [0.2, 0.25) is 0 Å². The Bertz CT molecular complexity index is 496. The van der Waals surface area contributed by atoms with Crippen molar-refractivity contribution in [3.63, 3.8) is 0 Å². The second kappa shape index (κ2) is 9.87. The molecule has 0 bridgehead atoms. The molecule has 0 radical (unpaired) electrons. The van der Waals surface area contributed by atoms with Crippen molar-refractivity contribution in [2.75, 3.05) is 20.2 Å². The van der Waals surface area contributed by atoms with Crippen molar-refractivity contribution in [1.29, 1.82) is 0 Å². The van der Waals surface area contributed by atoms with Crippen LogP contribution < -0.4 is 4.74 Å². The summed E-state index contributed by atoms with van der Waals surface area (Å²) in [7, 11) is 1.63. The molecule has 0 aliphatic carbocycles. The molecular formula is C18H27NO4. The largest absolute Gasteiger partial charge is 0.497 e. The van der Waals surface area contributed by atoms with Crippen LogP contribution in [0.15, 0.2) is 24.3 Å². The molecule has 128 valence electrons. The maximum Gasteiger partial charge on any atom is 0.305 e. The number of rotatable bonds is 10. The minimum atomic E-state index is -0.871. The zero-order chi connectivity index (χ0) is 17.2. The highest BCUT2D eigenvalue weighted by molar-refractivity contribution is 5.77. The van der Waals surface area contributed by atoms with Gasteiger partial charge in [0, 0.05) is 19.5 Å². The van der Waals surface area contributed by atoms with Crippen LogP contribution in [0.3, 0.4) is 0 Å². The lowest BCUT2D eigenvalue weighted by molar-refractivity contribution is -0.138. The minimum absolute atomic E-state index is 0.00304. The van der Waals surface area contributed by atoms with Crippen LogP contribution in [-0.4, -0.2) is 42.1 Å². The molecule has 0 aromatic heterocycles. The van der Waals surface area contributed by atoms with Crippen LogP contribution in [0.1, 0.15) is 38.7 Å². The monoisotopic (exact) mass is 321 g/mol. The van der Waals surface area contributed by atoms with Crippen molar-refractivity contribution >= 4 is 11.9 Å². The maximum atomic E-state index is 12.3. The smallest absolute Gasteiger partial charge is 0.305 e. The van der Waals surface area contributed by atoms with Gasteiger partial charge in [0.25, 0.3) is 0 Å². The van der Waals surface area contributed by atoms with Gasteiger partial charge in [0.05, 0.1) is 13.5 Å². The van der Waals surface area contributed by atoms with Crippen molar-refractivity contribution in [3.8, 4) is 5.75 Å². The predicted octanol–water partition coefficient (Wildman–Crippen LogP) is 2.98. The topological polar surface area (TPSA) is 66.8 Å². The zero-order valence-corrected chi connectivity index (χ0v) is 14.2. The molecule has 0 saturated carbocycles. The Morgan fingerprint density at radius 1 is 1.17 bits per heavy atom. The number of nitrogens with zero attached hydrogens (tertiary/aromatic N) is 1. The highest BCUT2D eigenvalue weighted by Crippen LogP contribution is 2.14. The van der Waals surface area contributed by atoms with E-state index in [4.69, 9.17) is 9.84 Å².